The Morgan fingerprint density at radius 1 is 1.17 bits per heavy atom. The number of carbonyl (C=O) groups excluding carboxylic acids is 4. The SMILES string of the molecule is CNC(=O)Cc1ccc(OC(=O)c2ccc(N=C(N)N)cc2)c2ncnn12.O=C=O. The van der Waals surface area contributed by atoms with Crippen molar-refractivity contribution in [1.82, 2.24) is 19.9 Å². The van der Waals surface area contributed by atoms with E-state index in [1.165, 1.54) is 10.8 Å². The Balaban J connectivity index is 0.00000101. The van der Waals surface area contributed by atoms with Gasteiger partial charge >= 0.3 is 12.1 Å². The first kappa shape index (κ1) is 21.7. The van der Waals surface area contributed by atoms with Crippen LogP contribution in [0.3, 0.4) is 0 Å². The smallest absolute Gasteiger partial charge is 0.373 e. The summed E-state index contributed by atoms with van der Waals surface area (Å²) in [5, 5.41) is 6.63. The molecule has 0 saturated carbocycles. The van der Waals surface area contributed by atoms with Gasteiger partial charge < -0.3 is 21.5 Å². The molecular weight excluding hydrogens is 394 g/mol. The average molecular weight is 411 g/mol. The van der Waals surface area contributed by atoms with Gasteiger partial charge in [-0.25, -0.2) is 19.3 Å². The minimum atomic E-state index is -0.574. The lowest BCUT2D eigenvalue weighted by Crippen LogP contribution is -2.21. The maximum Gasteiger partial charge on any atom is 0.373 e. The Hall–Kier alpha value is -4.57. The number of amides is 1. The number of aliphatic imine (C=N–C) groups is 1. The lowest BCUT2D eigenvalue weighted by Gasteiger charge is -2.08. The number of aromatic nitrogens is 3. The molecule has 0 spiro atoms. The van der Waals surface area contributed by atoms with Crippen LogP contribution >= 0.6 is 0 Å². The molecule has 0 atom stereocenters. The summed E-state index contributed by atoms with van der Waals surface area (Å²) in [6.45, 7) is 0. The van der Waals surface area contributed by atoms with Crippen molar-refractivity contribution >= 4 is 35.3 Å². The Kier molecular flexibility index (Phi) is 7.32. The van der Waals surface area contributed by atoms with Gasteiger partial charge in [0.25, 0.3) is 0 Å². The van der Waals surface area contributed by atoms with E-state index >= 15 is 0 Å². The molecule has 12 heteroatoms. The van der Waals surface area contributed by atoms with Crippen molar-refractivity contribution in [3.63, 3.8) is 0 Å². The first-order chi connectivity index (χ1) is 14.4. The van der Waals surface area contributed by atoms with E-state index in [2.05, 4.69) is 20.4 Å². The van der Waals surface area contributed by atoms with Crippen molar-refractivity contribution < 1.29 is 23.9 Å². The molecule has 12 nitrogen and oxygen atoms in total. The topological polar surface area (TPSA) is 184 Å². The van der Waals surface area contributed by atoms with Crippen LogP contribution in [0.4, 0.5) is 5.69 Å². The van der Waals surface area contributed by atoms with Gasteiger partial charge in [-0.1, -0.05) is 0 Å². The third-order valence-corrected chi connectivity index (χ3v) is 3.65. The number of benzene rings is 1. The highest BCUT2D eigenvalue weighted by Crippen LogP contribution is 2.21. The highest BCUT2D eigenvalue weighted by Gasteiger charge is 2.15. The first-order valence-electron chi connectivity index (χ1n) is 8.33. The summed E-state index contributed by atoms with van der Waals surface area (Å²) < 4.78 is 6.89. The molecular formula is C18H17N7O5. The van der Waals surface area contributed by atoms with E-state index in [9.17, 15) is 9.59 Å². The lowest BCUT2D eigenvalue weighted by atomic mass is 10.2. The minimum Gasteiger partial charge on any atom is -0.419 e. The van der Waals surface area contributed by atoms with E-state index in [0.717, 1.165) is 0 Å². The number of carbonyl (C=O) groups is 2. The zero-order valence-corrected chi connectivity index (χ0v) is 15.7. The van der Waals surface area contributed by atoms with Crippen molar-refractivity contribution in [2.75, 3.05) is 7.05 Å². The standard InChI is InChI=1S/C17H17N7O3.CO2/c1-20-14(25)8-12-6-7-13(15-21-9-22-24(12)15)27-16(26)10-2-4-11(5-3-10)23-17(18)19;2-1-3/h2-7,9H,8H2,1H3,(H,20,25)(H4,18,19,23);. The van der Waals surface area contributed by atoms with Crippen LogP contribution in [-0.4, -0.2) is 45.6 Å². The van der Waals surface area contributed by atoms with Crippen LogP contribution in [0, 0.1) is 0 Å². The van der Waals surface area contributed by atoms with Gasteiger partial charge in [0, 0.05) is 7.05 Å². The Labute approximate surface area is 169 Å². The predicted molar refractivity (Wildman–Crippen MR) is 103 cm³/mol. The van der Waals surface area contributed by atoms with Crippen molar-refractivity contribution in [2.45, 2.75) is 6.42 Å². The molecule has 0 unspecified atom stereocenters. The Morgan fingerprint density at radius 2 is 1.83 bits per heavy atom. The molecule has 0 bridgehead atoms. The molecule has 5 N–H and O–H groups in total. The maximum atomic E-state index is 12.4. The second-order valence-corrected chi connectivity index (χ2v) is 5.59. The van der Waals surface area contributed by atoms with Gasteiger partial charge in [-0.3, -0.25) is 4.79 Å². The van der Waals surface area contributed by atoms with E-state index in [1.54, 1.807) is 43.4 Å². The summed E-state index contributed by atoms with van der Waals surface area (Å²) in [5.74, 6) is -0.588. The number of nitrogens with one attached hydrogen (secondary N) is 1. The van der Waals surface area contributed by atoms with Crippen molar-refractivity contribution in [3.05, 3.63) is 54.0 Å². The number of hydrogen-bond donors (Lipinski definition) is 3. The number of ether oxygens (including phenoxy) is 1. The molecule has 30 heavy (non-hydrogen) atoms. The number of pyridine rings is 1. The summed E-state index contributed by atoms with van der Waals surface area (Å²) in [5.41, 5.74) is 12.4. The molecule has 2 aromatic heterocycles. The Morgan fingerprint density at radius 3 is 2.43 bits per heavy atom. The number of esters is 1. The van der Waals surface area contributed by atoms with E-state index in [-0.39, 0.29) is 30.2 Å². The zero-order chi connectivity index (χ0) is 22.1. The van der Waals surface area contributed by atoms with Crippen molar-refractivity contribution in [1.29, 1.82) is 0 Å². The van der Waals surface area contributed by atoms with Crippen molar-refractivity contribution in [2.24, 2.45) is 16.5 Å². The molecule has 2 heterocycles. The molecule has 1 aromatic carbocycles. The molecule has 0 aliphatic heterocycles. The van der Waals surface area contributed by atoms with Crippen LogP contribution in [0.1, 0.15) is 16.1 Å². The highest BCUT2D eigenvalue weighted by molar-refractivity contribution is 5.92. The van der Waals surface area contributed by atoms with Gasteiger partial charge in [0.15, 0.2) is 17.4 Å². The van der Waals surface area contributed by atoms with E-state index in [0.29, 0.717) is 22.6 Å². The second kappa shape index (κ2) is 10.1. The fourth-order valence-corrected chi connectivity index (χ4v) is 2.38. The number of nitrogens with zero attached hydrogens (tertiary/aromatic N) is 4. The number of fused-ring (bicyclic) bond motifs is 1. The molecule has 154 valence electrons. The van der Waals surface area contributed by atoms with Crippen LogP contribution < -0.4 is 21.5 Å². The summed E-state index contributed by atoms with van der Waals surface area (Å²) in [7, 11) is 1.55. The molecule has 0 aliphatic rings. The second-order valence-electron chi connectivity index (χ2n) is 5.59. The Bertz CT molecular complexity index is 1110. The molecule has 0 saturated heterocycles. The summed E-state index contributed by atoms with van der Waals surface area (Å²) in [4.78, 5) is 48.2. The number of rotatable bonds is 5. The third-order valence-electron chi connectivity index (χ3n) is 3.65. The normalized spacial score (nSPS) is 9.63. The third kappa shape index (κ3) is 5.47. The fourth-order valence-electron chi connectivity index (χ4n) is 2.38. The monoisotopic (exact) mass is 411 g/mol. The van der Waals surface area contributed by atoms with Crippen LogP contribution in [0.25, 0.3) is 5.65 Å². The summed E-state index contributed by atoms with van der Waals surface area (Å²) >= 11 is 0. The molecule has 0 fully saturated rings. The fraction of sp³-hybridized carbons (Fsp3) is 0.111. The largest absolute Gasteiger partial charge is 0.419 e. The van der Waals surface area contributed by atoms with E-state index in [1.807, 2.05) is 0 Å². The number of likely N-dealkylation sites (N-methyl/N-ethyl adjacent to an activating group) is 1. The van der Waals surface area contributed by atoms with Gasteiger partial charge in [-0.05, 0) is 36.4 Å². The van der Waals surface area contributed by atoms with E-state index in [4.69, 9.17) is 25.8 Å². The van der Waals surface area contributed by atoms with Gasteiger partial charge in [-0.15, -0.1) is 0 Å². The van der Waals surface area contributed by atoms with Gasteiger partial charge in [0.05, 0.1) is 23.4 Å². The van der Waals surface area contributed by atoms with Gasteiger partial charge in [0.1, 0.15) is 6.33 Å². The van der Waals surface area contributed by atoms with Crippen LogP contribution in [0.5, 0.6) is 5.75 Å². The number of guanidine groups is 1. The zero-order valence-electron chi connectivity index (χ0n) is 15.7. The quantitative estimate of drug-likeness (QED) is 0.284. The van der Waals surface area contributed by atoms with Gasteiger partial charge in [-0.2, -0.15) is 14.7 Å². The predicted octanol–water partition coefficient (Wildman–Crippen LogP) is -0.442. The molecule has 1 amide bonds. The molecule has 0 aliphatic carbocycles. The maximum absolute atomic E-state index is 12.4. The summed E-state index contributed by atoms with van der Waals surface area (Å²) in [6.07, 6.45) is 1.70. The number of nitrogens with two attached hydrogens (primary N) is 2. The van der Waals surface area contributed by atoms with Gasteiger partial charge in [0.2, 0.25) is 5.91 Å². The first-order valence-corrected chi connectivity index (χ1v) is 8.33. The van der Waals surface area contributed by atoms with Crippen LogP contribution in [-0.2, 0) is 20.8 Å². The van der Waals surface area contributed by atoms with Crippen LogP contribution in [0.15, 0.2) is 47.7 Å². The molecule has 0 radical (unpaired) electrons. The molecule has 3 rings (SSSR count). The van der Waals surface area contributed by atoms with Crippen molar-refractivity contribution in [3.8, 4) is 5.75 Å². The minimum absolute atomic E-state index is 0.0728. The number of hydrogen-bond acceptors (Lipinski definition) is 8. The molecule has 3 aromatic rings. The van der Waals surface area contributed by atoms with Crippen LogP contribution in [0.2, 0.25) is 0 Å². The highest BCUT2D eigenvalue weighted by atomic mass is 16.5. The lowest BCUT2D eigenvalue weighted by molar-refractivity contribution is -0.191. The summed E-state index contributed by atoms with van der Waals surface area (Å²) in [6, 6.07) is 9.51. The average Bonchev–Trinajstić information content (AvgIpc) is 3.21. The van der Waals surface area contributed by atoms with E-state index < -0.39 is 5.97 Å².